The molecule has 0 aliphatic carbocycles. The quantitative estimate of drug-likeness (QED) is 0.420. The van der Waals surface area contributed by atoms with E-state index >= 15 is 0 Å². The Morgan fingerprint density at radius 2 is 1.59 bits per heavy atom. The number of aliphatic hydroxyl groups excluding tert-OH is 2. The van der Waals surface area contributed by atoms with Crippen molar-refractivity contribution in [2.45, 2.75) is 24.9 Å². The van der Waals surface area contributed by atoms with Crippen molar-refractivity contribution in [2.24, 2.45) is 0 Å². The van der Waals surface area contributed by atoms with E-state index in [-0.39, 0.29) is 13.0 Å². The summed E-state index contributed by atoms with van der Waals surface area (Å²) in [5.41, 5.74) is -1.08. The van der Waals surface area contributed by atoms with Crippen molar-refractivity contribution in [1.82, 2.24) is 9.55 Å². The molecule has 3 N–H and O–H groups in total. The Hall–Kier alpha value is -2.20. The average molecular weight is 501 g/mol. The fourth-order valence-electron chi connectivity index (χ4n) is 2.91. The molecule has 1 aliphatic heterocycles. The van der Waals surface area contributed by atoms with Crippen LogP contribution in [0.4, 0.5) is 0 Å². The number of nitrogens with one attached hydrogen (secondary N) is 1. The third-order valence-corrected chi connectivity index (χ3v) is 7.93. The van der Waals surface area contributed by atoms with Gasteiger partial charge in [-0.3, -0.25) is 14.3 Å². The molecular formula is C21H22N2O5Sn. The summed E-state index contributed by atoms with van der Waals surface area (Å²) < 4.78 is 9.53. The van der Waals surface area contributed by atoms with E-state index in [1.807, 2.05) is 0 Å². The van der Waals surface area contributed by atoms with Gasteiger partial charge in [-0.25, -0.2) is 4.79 Å². The van der Waals surface area contributed by atoms with Crippen LogP contribution in [0.15, 0.2) is 82.5 Å². The van der Waals surface area contributed by atoms with Crippen molar-refractivity contribution in [2.75, 3.05) is 6.61 Å². The van der Waals surface area contributed by atoms with Gasteiger partial charge in [-0.2, -0.15) is 0 Å². The zero-order valence-corrected chi connectivity index (χ0v) is 18.5. The number of H-pyrrole nitrogens is 1. The second-order valence-corrected chi connectivity index (χ2v) is 10.5. The number of nitrogens with zero attached hydrogens (tertiary/aromatic N) is 1. The van der Waals surface area contributed by atoms with Crippen molar-refractivity contribution in [3.05, 3.63) is 93.8 Å². The van der Waals surface area contributed by atoms with Crippen molar-refractivity contribution >= 4 is 28.3 Å². The van der Waals surface area contributed by atoms with Gasteiger partial charge >= 0.3 is 94.7 Å². The van der Waals surface area contributed by atoms with Gasteiger partial charge in [0.2, 0.25) is 0 Å². The summed E-state index contributed by atoms with van der Waals surface area (Å²) in [6, 6.07) is 22.8. The molecule has 1 fully saturated rings. The van der Waals surface area contributed by atoms with Crippen LogP contribution in [0.1, 0.15) is 12.6 Å². The molecule has 0 bridgehead atoms. The molecule has 2 radical (unpaired) electrons. The molecule has 0 spiro atoms. The van der Waals surface area contributed by atoms with Crippen LogP contribution in [0.2, 0.25) is 0 Å². The van der Waals surface area contributed by atoms with Crippen molar-refractivity contribution in [3.8, 4) is 0 Å². The van der Waals surface area contributed by atoms with Crippen molar-refractivity contribution in [3.63, 3.8) is 0 Å². The number of aliphatic hydroxyl groups is 2. The molecule has 3 unspecified atom stereocenters. The first kappa shape index (κ1) is 21.5. The van der Waals surface area contributed by atoms with Crippen LogP contribution < -0.4 is 18.4 Å². The normalized spacial score (nSPS) is 20.7. The van der Waals surface area contributed by atoms with Crippen LogP contribution in [0, 0.1) is 0 Å². The van der Waals surface area contributed by atoms with E-state index in [1.54, 1.807) is 0 Å². The van der Waals surface area contributed by atoms with E-state index in [9.17, 15) is 14.7 Å². The van der Waals surface area contributed by atoms with Crippen LogP contribution in [-0.2, 0) is 4.74 Å². The van der Waals surface area contributed by atoms with E-state index in [4.69, 9.17) is 9.84 Å². The van der Waals surface area contributed by atoms with Crippen LogP contribution >= 0.6 is 0 Å². The Morgan fingerprint density at radius 3 is 2.07 bits per heavy atom. The molecule has 1 aliphatic rings. The van der Waals surface area contributed by atoms with Crippen molar-refractivity contribution in [1.29, 1.82) is 0 Å². The maximum absolute atomic E-state index is 11.4. The predicted molar refractivity (Wildman–Crippen MR) is 111 cm³/mol. The fraction of sp³-hybridized carbons (Fsp3) is 0.238. The first-order valence-electron chi connectivity index (χ1n) is 9.20. The molecular weight excluding hydrogens is 479 g/mol. The zero-order chi connectivity index (χ0) is 20.6. The molecule has 150 valence electrons. The zero-order valence-electron chi connectivity index (χ0n) is 15.6. The van der Waals surface area contributed by atoms with Gasteiger partial charge in [0, 0.05) is 18.7 Å². The Labute approximate surface area is 177 Å². The third kappa shape index (κ3) is 6.14. The molecule has 7 nitrogen and oxygen atoms in total. The summed E-state index contributed by atoms with van der Waals surface area (Å²) in [6.45, 7) is -0.310. The standard InChI is InChI=1S/C9H12N2O5.2C6H5.Sn/c12-4-6-5(13)3-8(16-6)11-2-1-7(14)10-9(11)15;2*1-2-4-6-5-3-1;/h1-2,5-6,8,12-13H,3-4H2,(H,10,14,15);2*1-5H;. The van der Waals surface area contributed by atoms with Crippen LogP contribution in [0.3, 0.4) is 0 Å². The van der Waals surface area contributed by atoms with Gasteiger partial charge < -0.3 is 14.9 Å². The summed E-state index contributed by atoms with van der Waals surface area (Å²) in [4.78, 5) is 24.3. The predicted octanol–water partition coefficient (Wildman–Crippen LogP) is -0.481. The van der Waals surface area contributed by atoms with Gasteiger partial charge in [0.05, 0.1) is 12.7 Å². The molecule has 29 heavy (non-hydrogen) atoms. The summed E-state index contributed by atoms with van der Waals surface area (Å²) in [5.74, 6) is 0. The summed E-state index contributed by atoms with van der Waals surface area (Å²) >= 11 is -0.517. The van der Waals surface area contributed by atoms with E-state index < -0.39 is 50.8 Å². The second-order valence-electron chi connectivity index (χ2n) is 6.49. The molecule has 4 rings (SSSR count). The molecule has 1 saturated heterocycles. The van der Waals surface area contributed by atoms with E-state index in [0.29, 0.717) is 0 Å². The number of ether oxygens (including phenoxy) is 1. The van der Waals surface area contributed by atoms with Crippen LogP contribution in [0.5, 0.6) is 0 Å². The topological polar surface area (TPSA) is 105 Å². The van der Waals surface area contributed by atoms with Gasteiger partial charge in [-0.1, -0.05) is 0 Å². The number of rotatable bonds is 4. The summed E-state index contributed by atoms with van der Waals surface area (Å²) in [5, 5.41) is 18.4. The van der Waals surface area contributed by atoms with Crippen molar-refractivity contribution < 1.29 is 14.9 Å². The first-order chi connectivity index (χ1) is 14.1. The van der Waals surface area contributed by atoms with Crippen LogP contribution in [0.25, 0.3) is 0 Å². The third-order valence-electron chi connectivity index (χ3n) is 4.38. The molecule has 2 aromatic carbocycles. The maximum atomic E-state index is 11.4. The van der Waals surface area contributed by atoms with E-state index in [0.717, 1.165) is 0 Å². The molecule has 0 saturated carbocycles. The number of hydrogen-bond donors (Lipinski definition) is 3. The molecule has 1 aromatic heterocycles. The van der Waals surface area contributed by atoms with E-state index in [2.05, 4.69) is 65.6 Å². The molecule has 0 amide bonds. The van der Waals surface area contributed by atoms with Gasteiger partial charge in [-0.15, -0.1) is 0 Å². The second kappa shape index (κ2) is 10.5. The Morgan fingerprint density at radius 1 is 1.00 bits per heavy atom. The Kier molecular flexibility index (Phi) is 7.82. The molecule has 8 heteroatoms. The minimum absolute atomic E-state index is 0.206. The molecule has 3 aromatic rings. The van der Waals surface area contributed by atoms with Gasteiger partial charge in [0.1, 0.15) is 12.3 Å². The summed E-state index contributed by atoms with van der Waals surface area (Å²) in [6.07, 6.45) is -0.649. The Bertz CT molecular complexity index is 969. The number of hydrogen-bond acceptors (Lipinski definition) is 5. The van der Waals surface area contributed by atoms with Gasteiger partial charge in [0.15, 0.2) is 0 Å². The number of aromatic amines is 1. The number of aromatic nitrogens is 2. The molecule has 3 atom stereocenters. The SMILES string of the molecule is O=c1ccn(C2CC(O)C(CO)O2)c(=O)[nH]1.c1cc[c]([Sn][c]2ccccc2)cc1. The van der Waals surface area contributed by atoms with Crippen LogP contribution in [-0.4, -0.2) is 59.7 Å². The number of benzene rings is 2. The Balaban J connectivity index is 0.000000169. The summed E-state index contributed by atoms with van der Waals surface area (Å²) in [7, 11) is 0. The monoisotopic (exact) mass is 502 g/mol. The average Bonchev–Trinajstić information content (AvgIpc) is 3.10. The minimum atomic E-state index is -0.811. The van der Waals surface area contributed by atoms with E-state index in [1.165, 1.54) is 24.0 Å². The molecule has 2 heterocycles. The van der Waals surface area contributed by atoms with Gasteiger partial charge in [0.25, 0.3) is 5.56 Å². The first-order valence-corrected chi connectivity index (χ1v) is 12.0. The fourth-order valence-corrected chi connectivity index (χ4v) is 5.92. The van der Waals surface area contributed by atoms with Gasteiger partial charge in [-0.05, 0) is 0 Å².